The third-order valence-corrected chi connectivity index (χ3v) is 2.86. The summed E-state index contributed by atoms with van der Waals surface area (Å²) in [6, 6.07) is 5.15. The van der Waals surface area contributed by atoms with Crippen molar-refractivity contribution in [3.63, 3.8) is 0 Å². The minimum absolute atomic E-state index is 0.188. The maximum absolute atomic E-state index is 12.2. The van der Waals surface area contributed by atoms with Gasteiger partial charge >= 0.3 is 0 Å². The summed E-state index contributed by atoms with van der Waals surface area (Å²) in [6.07, 6.45) is 2.20. The van der Waals surface area contributed by atoms with E-state index in [0.717, 1.165) is 6.42 Å². The molecule has 5 nitrogen and oxygen atoms in total. The number of fused-ring (bicyclic) bond motifs is 1. The molecule has 0 amide bonds. The van der Waals surface area contributed by atoms with Crippen molar-refractivity contribution in [2.75, 3.05) is 13.2 Å². The van der Waals surface area contributed by atoms with E-state index >= 15 is 0 Å². The topological polar surface area (TPSA) is 61.6 Å². The number of nitrogens with zero attached hydrogens (tertiary/aromatic N) is 1. The van der Waals surface area contributed by atoms with Gasteiger partial charge in [-0.25, -0.2) is 4.98 Å². The number of ketones is 1. The molecule has 1 aliphatic rings. The monoisotopic (exact) mass is 259 g/mol. The van der Waals surface area contributed by atoms with E-state index in [2.05, 4.69) is 4.98 Å². The second-order valence-electron chi connectivity index (χ2n) is 4.29. The highest BCUT2D eigenvalue weighted by molar-refractivity contribution is 6.07. The Labute approximate surface area is 110 Å². The Morgan fingerprint density at radius 1 is 1.21 bits per heavy atom. The lowest BCUT2D eigenvalue weighted by molar-refractivity contribution is 0.103. The summed E-state index contributed by atoms with van der Waals surface area (Å²) in [6.45, 7) is 2.92. The fraction of sp³-hybridized carbons (Fsp3) is 0.286. The molecule has 0 bridgehead atoms. The van der Waals surface area contributed by atoms with Crippen LogP contribution in [0.1, 0.15) is 28.4 Å². The number of benzene rings is 1. The zero-order valence-corrected chi connectivity index (χ0v) is 10.5. The summed E-state index contributed by atoms with van der Waals surface area (Å²) in [4.78, 5) is 16.2. The van der Waals surface area contributed by atoms with Crippen molar-refractivity contribution in [1.29, 1.82) is 0 Å². The number of aromatic nitrogens is 1. The van der Waals surface area contributed by atoms with Gasteiger partial charge in [0.05, 0.1) is 13.2 Å². The van der Waals surface area contributed by atoms with Gasteiger partial charge in [0.2, 0.25) is 5.78 Å². The van der Waals surface area contributed by atoms with Gasteiger partial charge in [-0.05, 0) is 18.2 Å². The van der Waals surface area contributed by atoms with Crippen LogP contribution in [0.2, 0.25) is 0 Å². The van der Waals surface area contributed by atoms with Crippen molar-refractivity contribution in [2.45, 2.75) is 13.3 Å². The lowest BCUT2D eigenvalue weighted by atomic mass is 10.1. The molecule has 5 heteroatoms. The molecule has 19 heavy (non-hydrogen) atoms. The molecular formula is C14H13NO4. The Morgan fingerprint density at radius 2 is 2.00 bits per heavy atom. The molecule has 3 rings (SSSR count). The maximum Gasteiger partial charge on any atom is 0.214 e. The Balaban J connectivity index is 1.93. The molecule has 0 aliphatic carbocycles. The molecule has 1 aromatic carbocycles. The van der Waals surface area contributed by atoms with Crippen molar-refractivity contribution in [3.8, 4) is 11.5 Å². The van der Waals surface area contributed by atoms with E-state index in [1.54, 1.807) is 25.1 Å². The summed E-state index contributed by atoms with van der Waals surface area (Å²) < 4.78 is 16.1. The average Bonchev–Trinajstić information content (AvgIpc) is 2.72. The summed E-state index contributed by atoms with van der Waals surface area (Å²) in [5.74, 6) is 1.55. The lowest BCUT2D eigenvalue weighted by Crippen LogP contribution is -2.03. The van der Waals surface area contributed by atoms with Crippen LogP contribution >= 0.6 is 0 Å². The van der Waals surface area contributed by atoms with Gasteiger partial charge in [0, 0.05) is 18.9 Å². The molecule has 0 unspecified atom stereocenters. The smallest absolute Gasteiger partial charge is 0.214 e. The molecule has 0 spiro atoms. The molecule has 1 aromatic heterocycles. The summed E-state index contributed by atoms with van der Waals surface area (Å²) in [5.41, 5.74) is 0.810. The number of aryl methyl sites for hydroxylation is 1. The van der Waals surface area contributed by atoms with Crippen molar-refractivity contribution in [3.05, 3.63) is 41.6 Å². The molecule has 0 fully saturated rings. The van der Waals surface area contributed by atoms with Crippen LogP contribution in [0, 0.1) is 6.92 Å². The number of ether oxygens (including phenoxy) is 2. The largest absolute Gasteiger partial charge is 0.490 e. The standard InChI is InChI=1S/C14H13NO4/c1-9-15-11(8-19-9)14(16)10-3-4-12-13(7-10)18-6-2-5-17-12/h3-4,7-8H,2,5-6H2,1H3. The van der Waals surface area contributed by atoms with E-state index in [-0.39, 0.29) is 5.78 Å². The van der Waals surface area contributed by atoms with Gasteiger partial charge in [-0.3, -0.25) is 4.79 Å². The Morgan fingerprint density at radius 3 is 2.74 bits per heavy atom. The van der Waals surface area contributed by atoms with Gasteiger partial charge < -0.3 is 13.9 Å². The van der Waals surface area contributed by atoms with E-state index in [1.807, 2.05) is 0 Å². The van der Waals surface area contributed by atoms with Gasteiger partial charge in [0.25, 0.3) is 0 Å². The van der Waals surface area contributed by atoms with Crippen LogP contribution in [-0.4, -0.2) is 24.0 Å². The molecule has 0 atom stereocenters. The molecule has 1 aliphatic heterocycles. The first kappa shape index (κ1) is 11.8. The second kappa shape index (κ2) is 4.76. The van der Waals surface area contributed by atoms with Crippen molar-refractivity contribution in [1.82, 2.24) is 4.98 Å². The molecule has 2 aromatic rings. The first-order valence-corrected chi connectivity index (χ1v) is 6.10. The predicted octanol–water partition coefficient (Wildman–Crippen LogP) is 2.38. The van der Waals surface area contributed by atoms with Crippen LogP contribution < -0.4 is 9.47 Å². The van der Waals surface area contributed by atoms with Crippen LogP contribution in [0.15, 0.2) is 28.9 Å². The Hall–Kier alpha value is -2.30. The van der Waals surface area contributed by atoms with E-state index < -0.39 is 0 Å². The van der Waals surface area contributed by atoms with Crippen molar-refractivity contribution in [2.24, 2.45) is 0 Å². The Kier molecular flexibility index (Phi) is 2.95. The van der Waals surface area contributed by atoms with E-state index in [4.69, 9.17) is 13.9 Å². The van der Waals surface area contributed by atoms with E-state index in [9.17, 15) is 4.79 Å². The van der Waals surface area contributed by atoms with Gasteiger partial charge in [-0.1, -0.05) is 0 Å². The highest BCUT2D eigenvalue weighted by Crippen LogP contribution is 2.31. The van der Waals surface area contributed by atoms with Crippen LogP contribution in [0.25, 0.3) is 0 Å². The number of hydrogen-bond acceptors (Lipinski definition) is 5. The number of rotatable bonds is 2. The quantitative estimate of drug-likeness (QED) is 0.775. The zero-order chi connectivity index (χ0) is 13.2. The van der Waals surface area contributed by atoms with Crippen LogP contribution in [-0.2, 0) is 0 Å². The van der Waals surface area contributed by atoms with Crippen LogP contribution in [0.3, 0.4) is 0 Å². The number of oxazole rings is 1. The van der Waals surface area contributed by atoms with Crippen LogP contribution in [0.5, 0.6) is 11.5 Å². The minimum atomic E-state index is -0.188. The first-order valence-electron chi connectivity index (χ1n) is 6.10. The summed E-state index contributed by atoms with van der Waals surface area (Å²) >= 11 is 0. The molecule has 0 N–H and O–H groups in total. The second-order valence-corrected chi connectivity index (χ2v) is 4.29. The van der Waals surface area contributed by atoms with Crippen molar-refractivity contribution < 1.29 is 18.7 Å². The summed E-state index contributed by atoms with van der Waals surface area (Å²) in [5, 5.41) is 0. The highest BCUT2D eigenvalue weighted by Gasteiger charge is 2.17. The zero-order valence-electron chi connectivity index (χ0n) is 10.5. The van der Waals surface area contributed by atoms with Gasteiger partial charge in [-0.2, -0.15) is 0 Å². The van der Waals surface area contributed by atoms with Gasteiger partial charge in [0.1, 0.15) is 12.0 Å². The minimum Gasteiger partial charge on any atom is -0.490 e. The van der Waals surface area contributed by atoms with Gasteiger partial charge in [-0.15, -0.1) is 0 Å². The molecule has 0 saturated carbocycles. The molecular weight excluding hydrogens is 246 g/mol. The maximum atomic E-state index is 12.2. The fourth-order valence-corrected chi connectivity index (χ4v) is 1.92. The first-order chi connectivity index (χ1) is 9.24. The normalized spacial score (nSPS) is 13.9. The highest BCUT2D eigenvalue weighted by atomic mass is 16.5. The van der Waals surface area contributed by atoms with Crippen LogP contribution in [0.4, 0.5) is 0 Å². The van der Waals surface area contributed by atoms with E-state index in [1.165, 1.54) is 6.26 Å². The molecule has 2 heterocycles. The van der Waals surface area contributed by atoms with Crippen molar-refractivity contribution >= 4 is 5.78 Å². The molecule has 0 saturated heterocycles. The summed E-state index contributed by atoms with van der Waals surface area (Å²) in [7, 11) is 0. The third kappa shape index (κ3) is 2.31. The third-order valence-electron chi connectivity index (χ3n) is 2.86. The number of carbonyl (C=O) groups excluding carboxylic acids is 1. The molecule has 0 radical (unpaired) electrons. The SMILES string of the molecule is Cc1nc(C(=O)c2ccc3c(c2)OCCCO3)co1. The average molecular weight is 259 g/mol. The number of carbonyl (C=O) groups is 1. The van der Waals surface area contributed by atoms with E-state index in [0.29, 0.717) is 41.9 Å². The Bertz CT molecular complexity index is 618. The fourth-order valence-electron chi connectivity index (χ4n) is 1.92. The van der Waals surface area contributed by atoms with Gasteiger partial charge in [0.15, 0.2) is 17.4 Å². The predicted molar refractivity (Wildman–Crippen MR) is 66.7 cm³/mol. The lowest BCUT2D eigenvalue weighted by Gasteiger charge is -2.07. The molecule has 98 valence electrons. The number of hydrogen-bond donors (Lipinski definition) is 0.